The molecule has 124 valence electrons. The highest BCUT2D eigenvalue weighted by molar-refractivity contribution is 7.20. The number of nitrogens with one attached hydrogen (secondary N) is 2. The van der Waals surface area contributed by atoms with E-state index in [1.165, 1.54) is 35.5 Å². The zero-order valence-corrected chi connectivity index (χ0v) is 15.3. The third-order valence-electron chi connectivity index (χ3n) is 3.90. The van der Waals surface area contributed by atoms with Gasteiger partial charge in [0, 0.05) is 10.9 Å². The van der Waals surface area contributed by atoms with Crippen LogP contribution in [0.4, 0.5) is 5.82 Å². The number of aryl methyl sites for hydroxylation is 1. The third-order valence-corrected chi connectivity index (χ3v) is 6.33. The monoisotopic (exact) mass is 378 g/mol. The molecular weight excluding hydrogens is 364 g/mol. The topological polar surface area (TPSA) is 66.9 Å². The lowest BCUT2D eigenvalue weighted by molar-refractivity contribution is 0.0955. The van der Waals surface area contributed by atoms with Crippen LogP contribution in [0.2, 0.25) is 4.34 Å². The molecular formula is C16H15ClN4OS2. The zero-order chi connectivity index (χ0) is 16.7. The third kappa shape index (κ3) is 3.11. The first-order valence-corrected chi connectivity index (χ1v) is 9.66. The second-order valence-electron chi connectivity index (χ2n) is 5.77. The standard InChI is InChI=1S/C16H15ClN4OS2/c1-8-12-14(21-9-2-3-9)19-7-20-16(12)24-13(8)15(22)18-6-10-4-5-11(17)23-10/h4-5,7,9H,2-3,6H2,1H3,(H,18,22)(H,19,20,21). The summed E-state index contributed by atoms with van der Waals surface area (Å²) in [5, 5.41) is 7.34. The summed E-state index contributed by atoms with van der Waals surface area (Å²) in [5.41, 5.74) is 0.931. The second kappa shape index (κ2) is 6.31. The zero-order valence-electron chi connectivity index (χ0n) is 12.9. The molecule has 0 bridgehead atoms. The van der Waals surface area contributed by atoms with Crippen LogP contribution >= 0.6 is 34.3 Å². The number of carbonyl (C=O) groups excluding carboxylic acids is 1. The molecule has 0 saturated heterocycles. The molecule has 0 spiro atoms. The van der Waals surface area contributed by atoms with Crippen LogP contribution in [0.25, 0.3) is 10.2 Å². The van der Waals surface area contributed by atoms with Crippen LogP contribution in [-0.4, -0.2) is 21.9 Å². The van der Waals surface area contributed by atoms with Gasteiger partial charge >= 0.3 is 0 Å². The number of nitrogens with zero attached hydrogens (tertiary/aromatic N) is 2. The van der Waals surface area contributed by atoms with Crippen molar-refractivity contribution in [3.63, 3.8) is 0 Å². The number of anilines is 1. The maximum Gasteiger partial charge on any atom is 0.262 e. The SMILES string of the molecule is Cc1c(C(=O)NCc2ccc(Cl)s2)sc2ncnc(NC3CC3)c12. The lowest BCUT2D eigenvalue weighted by Gasteiger charge is -2.05. The van der Waals surface area contributed by atoms with Crippen LogP contribution in [-0.2, 0) is 6.54 Å². The van der Waals surface area contributed by atoms with Crippen LogP contribution in [0.5, 0.6) is 0 Å². The molecule has 4 rings (SSSR count). The van der Waals surface area contributed by atoms with Crippen LogP contribution in [0.15, 0.2) is 18.5 Å². The van der Waals surface area contributed by atoms with Crippen molar-refractivity contribution in [1.29, 1.82) is 0 Å². The minimum absolute atomic E-state index is 0.0857. The van der Waals surface area contributed by atoms with E-state index in [-0.39, 0.29) is 5.91 Å². The van der Waals surface area contributed by atoms with Crippen LogP contribution in [0.1, 0.15) is 33.0 Å². The molecule has 0 radical (unpaired) electrons. The smallest absolute Gasteiger partial charge is 0.262 e. The van der Waals surface area contributed by atoms with Crippen molar-refractivity contribution in [1.82, 2.24) is 15.3 Å². The number of hydrogen-bond donors (Lipinski definition) is 2. The first-order chi connectivity index (χ1) is 11.6. The fourth-order valence-electron chi connectivity index (χ4n) is 2.51. The second-order valence-corrected chi connectivity index (χ2v) is 8.56. The highest BCUT2D eigenvalue weighted by Gasteiger charge is 2.25. The number of aromatic nitrogens is 2. The summed E-state index contributed by atoms with van der Waals surface area (Å²) in [6.07, 6.45) is 3.90. The van der Waals surface area contributed by atoms with Crippen molar-refractivity contribution in [3.8, 4) is 0 Å². The number of amides is 1. The van der Waals surface area contributed by atoms with E-state index in [0.29, 0.717) is 17.5 Å². The quantitative estimate of drug-likeness (QED) is 0.697. The Hall–Kier alpha value is -1.70. The fourth-order valence-corrected chi connectivity index (χ4v) is 4.61. The molecule has 1 amide bonds. The van der Waals surface area contributed by atoms with E-state index in [2.05, 4.69) is 20.6 Å². The molecule has 8 heteroatoms. The van der Waals surface area contributed by atoms with E-state index in [1.807, 2.05) is 19.1 Å². The Labute approximate surface area is 152 Å². The van der Waals surface area contributed by atoms with E-state index in [1.54, 1.807) is 6.33 Å². The molecule has 3 aromatic heterocycles. The number of halogens is 1. The Morgan fingerprint density at radius 1 is 1.33 bits per heavy atom. The average Bonchev–Trinajstić information content (AvgIpc) is 3.18. The molecule has 0 atom stereocenters. The molecule has 0 aliphatic heterocycles. The lowest BCUT2D eigenvalue weighted by Crippen LogP contribution is -2.21. The lowest BCUT2D eigenvalue weighted by atomic mass is 10.2. The normalized spacial score (nSPS) is 14.1. The largest absolute Gasteiger partial charge is 0.367 e. The van der Waals surface area contributed by atoms with Crippen molar-refractivity contribution >= 4 is 56.2 Å². The maximum absolute atomic E-state index is 12.6. The number of hydrogen-bond acceptors (Lipinski definition) is 6. The van der Waals surface area contributed by atoms with Gasteiger partial charge in [-0.25, -0.2) is 9.97 Å². The van der Waals surface area contributed by atoms with Crippen LogP contribution in [0, 0.1) is 6.92 Å². The number of thiophene rings is 2. The van der Waals surface area contributed by atoms with Gasteiger partial charge < -0.3 is 10.6 Å². The molecule has 1 aliphatic carbocycles. The Balaban J connectivity index is 1.59. The minimum atomic E-state index is -0.0857. The Bertz CT molecular complexity index is 916. The summed E-state index contributed by atoms with van der Waals surface area (Å²) in [6, 6.07) is 4.26. The van der Waals surface area contributed by atoms with E-state index in [0.717, 1.165) is 30.8 Å². The van der Waals surface area contributed by atoms with Crippen molar-refractivity contribution in [2.75, 3.05) is 5.32 Å². The molecule has 5 nitrogen and oxygen atoms in total. The highest BCUT2D eigenvalue weighted by atomic mass is 35.5. The number of rotatable bonds is 5. The highest BCUT2D eigenvalue weighted by Crippen LogP contribution is 2.35. The number of carbonyl (C=O) groups is 1. The predicted octanol–water partition coefficient (Wildman–Crippen LogP) is 4.22. The van der Waals surface area contributed by atoms with Gasteiger partial charge in [-0.15, -0.1) is 22.7 Å². The summed E-state index contributed by atoms with van der Waals surface area (Å²) in [5.74, 6) is 0.748. The summed E-state index contributed by atoms with van der Waals surface area (Å²) < 4.78 is 0.725. The molecule has 0 aromatic carbocycles. The van der Waals surface area contributed by atoms with E-state index in [9.17, 15) is 4.79 Å². The Morgan fingerprint density at radius 3 is 2.88 bits per heavy atom. The van der Waals surface area contributed by atoms with Crippen LogP contribution in [0.3, 0.4) is 0 Å². The van der Waals surface area contributed by atoms with Crippen molar-refractivity contribution in [3.05, 3.63) is 38.1 Å². The molecule has 1 aliphatic rings. The summed E-state index contributed by atoms with van der Waals surface area (Å²) >= 11 is 8.80. The van der Waals surface area contributed by atoms with E-state index < -0.39 is 0 Å². The predicted molar refractivity (Wildman–Crippen MR) is 99.3 cm³/mol. The van der Waals surface area contributed by atoms with Gasteiger partial charge in [-0.3, -0.25) is 4.79 Å². The molecule has 3 heterocycles. The Kier molecular flexibility index (Phi) is 4.15. The minimum Gasteiger partial charge on any atom is -0.367 e. The maximum atomic E-state index is 12.6. The fraction of sp³-hybridized carbons (Fsp3) is 0.312. The molecule has 1 fully saturated rings. The van der Waals surface area contributed by atoms with Gasteiger partial charge in [-0.1, -0.05) is 11.6 Å². The summed E-state index contributed by atoms with van der Waals surface area (Å²) in [4.78, 5) is 23.8. The molecule has 24 heavy (non-hydrogen) atoms. The van der Waals surface area contributed by atoms with Gasteiger partial charge in [0.25, 0.3) is 5.91 Å². The molecule has 1 saturated carbocycles. The summed E-state index contributed by atoms with van der Waals surface area (Å²) in [6.45, 7) is 2.43. The first kappa shape index (κ1) is 15.8. The van der Waals surface area contributed by atoms with Crippen molar-refractivity contribution < 1.29 is 4.79 Å². The van der Waals surface area contributed by atoms with E-state index >= 15 is 0 Å². The summed E-state index contributed by atoms with van der Waals surface area (Å²) in [7, 11) is 0. The van der Waals surface area contributed by atoms with E-state index in [4.69, 9.17) is 11.6 Å². The Morgan fingerprint density at radius 2 is 2.17 bits per heavy atom. The average molecular weight is 379 g/mol. The van der Waals surface area contributed by atoms with Gasteiger partial charge in [0.2, 0.25) is 0 Å². The van der Waals surface area contributed by atoms with Crippen LogP contribution < -0.4 is 10.6 Å². The van der Waals surface area contributed by atoms with Crippen molar-refractivity contribution in [2.24, 2.45) is 0 Å². The van der Waals surface area contributed by atoms with Gasteiger partial charge in [-0.2, -0.15) is 0 Å². The number of fused-ring (bicyclic) bond motifs is 1. The molecule has 3 aromatic rings. The molecule has 0 unspecified atom stereocenters. The van der Waals surface area contributed by atoms with Gasteiger partial charge in [0.15, 0.2) is 0 Å². The van der Waals surface area contributed by atoms with Crippen molar-refractivity contribution in [2.45, 2.75) is 32.4 Å². The van der Waals surface area contributed by atoms with Gasteiger partial charge in [0.05, 0.1) is 21.1 Å². The van der Waals surface area contributed by atoms with Gasteiger partial charge in [0.1, 0.15) is 17.0 Å². The molecule has 2 N–H and O–H groups in total. The van der Waals surface area contributed by atoms with Gasteiger partial charge in [-0.05, 0) is 37.5 Å². The first-order valence-electron chi connectivity index (χ1n) is 7.65.